The van der Waals surface area contributed by atoms with E-state index in [9.17, 15) is 0 Å². The van der Waals surface area contributed by atoms with Crippen molar-refractivity contribution in [2.24, 2.45) is 0 Å². The molecule has 7 heteroatoms. The first-order chi connectivity index (χ1) is 22.3. The molecule has 11 rings (SSSR count). The minimum Gasteiger partial charge on any atom is -0.310 e. The van der Waals surface area contributed by atoms with E-state index in [0.29, 0.717) is 0 Å². The number of nitrogens with zero attached hydrogens (tertiary/aromatic N) is 1. The Morgan fingerprint density at radius 1 is 0.378 bits per heavy atom. The minimum atomic E-state index is 1.16. The van der Waals surface area contributed by atoms with Crippen molar-refractivity contribution in [3.63, 3.8) is 0 Å². The Hall–Kier alpha value is -3.82. The third-order valence-corrected chi connectivity index (χ3v) is 15.9. The lowest BCUT2D eigenvalue weighted by Gasteiger charge is -2.26. The highest BCUT2D eigenvalue weighted by atomic mass is 32.2. The summed E-state index contributed by atoms with van der Waals surface area (Å²) in [5.74, 6) is 0. The highest BCUT2D eigenvalue weighted by Gasteiger charge is 2.20. The number of anilines is 3. The van der Waals surface area contributed by atoms with Gasteiger partial charge in [-0.15, -0.1) is 68.0 Å². The van der Waals surface area contributed by atoms with Crippen LogP contribution >= 0.6 is 68.0 Å². The summed E-state index contributed by atoms with van der Waals surface area (Å²) >= 11 is 11.5. The van der Waals surface area contributed by atoms with Gasteiger partial charge in [0.15, 0.2) is 0 Å². The largest absolute Gasteiger partial charge is 0.310 e. The van der Waals surface area contributed by atoms with Gasteiger partial charge < -0.3 is 4.90 Å². The molecule has 0 unspecified atom stereocenters. The molecular weight excluding hydrogens is 663 g/mol. The number of para-hydroxylation sites is 1. The molecule has 1 nitrogen and oxygen atoms in total. The molecule has 0 radical (unpaired) electrons. The topological polar surface area (TPSA) is 3.24 Å². The zero-order valence-corrected chi connectivity index (χ0v) is 28.3. The van der Waals surface area contributed by atoms with Crippen LogP contribution in [-0.2, 0) is 0 Å². The van der Waals surface area contributed by atoms with Crippen LogP contribution < -0.4 is 4.90 Å². The maximum atomic E-state index is 2.44. The van der Waals surface area contributed by atoms with Crippen molar-refractivity contribution < 1.29 is 0 Å². The summed E-state index contributed by atoms with van der Waals surface area (Å²) in [6.07, 6.45) is 0. The first-order valence-electron chi connectivity index (χ1n) is 14.6. The Kier molecular flexibility index (Phi) is 5.28. The lowest BCUT2D eigenvalue weighted by Crippen LogP contribution is -2.09. The maximum absolute atomic E-state index is 2.44. The van der Waals surface area contributed by atoms with Crippen LogP contribution in [0.25, 0.3) is 79.3 Å². The summed E-state index contributed by atoms with van der Waals surface area (Å²) in [5.41, 5.74) is 3.51. The average Bonchev–Trinajstić information content (AvgIpc) is 3.90. The molecule has 0 amide bonds. The molecule has 0 bridgehead atoms. The molecule has 6 aromatic heterocycles. The van der Waals surface area contributed by atoms with Crippen molar-refractivity contribution in [3.05, 3.63) is 114 Å². The Bertz CT molecular complexity index is 2760. The molecule has 11 aromatic rings. The Labute approximate surface area is 281 Å². The van der Waals surface area contributed by atoms with Gasteiger partial charge in [0.1, 0.15) is 0 Å². The van der Waals surface area contributed by atoms with E-state index in [-0.39, 0.29) is 0 Å². The quantitative estimate of drug-likeness (QED) is 0.179. The van der Waals surface area contributed by atoms with Crippen molar-refractivity contribution >= 4 is 164 Å². The van der Waals surface area contributed by atoms with Gasteiger partial charge in [0.25, 0.3) is 0 Å². The van der Waals surface area contributed by atoms with Crippen LogP contribution in [0.3, 0.4) is 0 Å². The Morgan fingerprint density at radius 3 is 1.42 bits per heavy atom. The molecule has 212 valence electrons. The molecule has 0 aliphatic heterocycles. The van der Waals surface area contributed by atoms with Crippen LogP contribution in [0.1, 0.15) is 0 Å². The second-order valence-electron chi connectivity index (χ2n) is 11.3. The Morgan fingerprint density at radius 2 is 0.889 bits per heavy atom. The lowest BCUT2D eigenvalue weighted by atomic mass is 10.0. The molecule has 0 aliphatic rings. The molecule has 0 aliphatic carbocycles. The summed E-state index contributed by atoms with van der Waals surface area (Å²) in [7, 11) is 0. The fraction of sp³-hybridized carbons (Fsp3) is 0. The molecule has 5 aromatic carbocycles. The maximum Gasteiger partial charge on any atom is 0.0899 e. The van der Waals surface area contributed by atoms with Crippen molar-refractivity contribution in [2.45, 2.75) is 0 Å². The van der Waals surface area contributed by atoms with E-state index in [1.54, 1.807) is 0 Å². The van der Waals surface area contributed by atoms with Crippen LogP contribution in [0.2, 0.25) is 0 Å². The van der Waals surface area contributed by atoms with Crippen LogP contribution in [0.4, 0.5) is 17.1 Å². The van der Waals surface area contributed by atoms with Gasteiger partial charge in [0.05, 0.1) is 16.1 Å². The summed E-state index contributed by atoms with van der Waals surface area (Å²) in [4.78, 5) is 2.44. The second kappa shape index (κ2) is 9.36. The number of fused-ring (bicyclic) bond motifs is 14. The predicted octanol–water partition coefficient (Wildman–Crippen LogP) is 14.8. The number of hydrogen-bond donors (Lipinski definition) is 0. The van der Waals surface area contributed by atoms with Crippen molar-refractivity contribution in [1.82, 2.24) is 0 Å². The molecule has 0 fully saturated rings. The molecule has 45 heavy (non-hydrogen) atoms. The number of benzene rings is 5. The van der Waals surface area contributed by atoms with Crippen molar-refractivity contribution in [1.29, 1.82) is 0 Å². The fourth-order valence-corrected chi connectivity index (χ4v) is 14.6. The molecule has 0 N–H and O–H groups in total. The van der Waals surface area contributed by atoms with Gasteiger partial charge >= 0.3 is 0 Å². The van der Waals surface area contributed by atoms with Gasteiger partial charge in [-0.3, -0.25) is 0 Å². The van der Waals surface area contributed by atoms with E-state index < -0.39 is 0 Å². The second-order valence-corrected chi connectivity index (χ2v) is 18.3. The van der Waals surface area contributed by atoms with E-state index in [0.717, 1.165) is 5.69 Å². The van der Waals surface area contributed by atoms with E-state index in [4.69, 9.17) is 0 Å². The van der Waals surface area contributed by atoms with Crippen LogP contribution in [0.15, 0.2) is 114 Å². The third-order valence-electron chi connectivity index (χ3n) is 8.95. The molecule has 0 spiro atoms. The van der Waals surface area contributed by atoms with Crippen LogP contribution in [-0.4, -0.2) is 0 Å². The summed E-state index contributed by atoms with van der Waals surface area (Å²) in [6.45, 7) is 0. The standard InChI is InChI=1S/C38H19NS6/c1-2-4-22(5-3-1)39(23-10-6-20-8-12-29-31(27(20)18-23)33-25-14-16-40-35(25)44-37(33)42-29)24-11-7-21-9-13-30-32(28(21)19-24)34-26-15-17-41-36(26)45-38(34)43-30/h1-19H. The van der Waals surface area contributed by atoms with E-state index in [1.165, 1.54) is 90.7 Å². The number of thiophene rings is 6. The van der Waals surface area contributed by atoms with Gasteiger partial charge in [-0.25, -0.2) is 0 Å². The highest BCUT2D eigenvalue weighted by molar-refractivity contribution is 7.51. The first kappa shape index (κ1) is 25.4. The average molecular weight is 682 g/mol. The molecule has 6 heterocycles. The van der Waals surface area contributed by atoms with Crippen LogP contribution in [0, 0.1) is 0 Å². The van der Waals surface area contributed by atoms with E-state index in [2.05, 4.69) is 119 Å². The third kappa shape index (κ3) is 3.56. The summed E-state index contributed by atoms with van der Waals surface area (Å²) < 4.78 is 8.44. The monoisotopic (exact) mass is 681 g/mol. The van der Waals surface area contributed by atoms with Crippen LogP contribution in [0.5, 0.6) is 0 Å². The number of hydrogen-bond acceptors (Lipinski definition) is 7. The minimum absolute atomic E-state index is 1.16. The molecule has 0 saturated carbocycles. The summed E-state index contributed by atoms with van der Waals surface area (Å²) in [5, 5.41) is 18.1. The van der Waals surface area contributed by atoms with Crippen molar-refractivity contribution in [2.75, 3.05) is 4.90 Å². The molecule has 0 saturated heterocycles. The van der Waals surface area contributed by atoms with Crippen molar-refractivity contribution in [3.8, 4) is 0 Å². The zero-order valence-electron chi connectivity index (χ0n) is 23.4. The predicted molar refractivity (Wildman–Crippen MR) is 208 cm³/mol. The lowest BCUT2D eigenvalue weighted by molar-refractivity contribution is 1.30. The SMILES string of the molecule is c1ccc(N(c2ccc3ccc4sc5sc6sccc6c5c4c3c2)c2ccc3ccc4sc5sc6sccc6c5c4c3c2)cc1. The normalized spacial score (nSPS) is 12.4. The number of rotatable bonds is 3. The summed E-state index contributed by atoms with van der Waals surface area (Å²) in [6, 6.07) is 38.7. The first-order valence-corrected chi connectivity index (χ1v) is 19.7. The molecular formula is C38H19NS6. The Balaban J connectivity index is 1.20. The zero-order chi connectivity index (χ0) is 29.2. The van der Waals surface area contributed by atoms with Gasteiger partial charge in [-0.05, 0) is 93.0 Å². The van der Waals surface area contributed by atoms with E-state index in [1.807, 2.05) is 68.0 Å². The van der Waals surface area contributed by atoms with Gasteiger partial charge in [0, 0.05) is 58.8 Å². The fourth-order valence-electron chi connectivity index (χ4n) is 6.99. The molecule has 0 atom stereocenters. The van der Waals surface area contributed by atoms with Gasteiger partial charge in [-0.1, -0.05) is 42.5 Å². The highest BCUT2D eigenvalue weighted by Crippen LogP contribution is 2.51. The van der Waals surface area contributed by atoms with Gasteiger partial charge in [0.2, 0.25) is 0 Å². The van der Waals surface area contributed by atoms with E-state index >= 15 is 0 Å². The van der Waals surface area contributed by atoms with Gasteiger partial charge in [-0.2, -0.15) is 0 Å². The smallest absolute Gasteiger partial charge is 0.0899 e.